The molecule has 1 aliphatic rings. The van der Waals surface area contributed by atoms with Gasteiger partial charge in [-0.1, -0.05) is 25.4 Å². The normalized spacial score (nSPS) is 17.5. The van der Waals surface area contributed by atoms with Gasteiger partial charge in [0.1, 0.15) is 0 Å². The lowest BCUT2D eigenvalue weighted by Crippen LogP contribution is -1.94. The first kappa shape index (κ1) is 11.6. The summed E-state index contributed by atoms with van der Waals surface area (Å²) in [6.45, 7) is 5.57. The van der Waals surface area contributed by atoms with Crippen LogP contribution in [0.2, 0.25) is 0 Å². The molecule has 0 fully saturated rings. The van der Waals surface area contributed by atoms with E-state index in [-0.39, 0.29) is 5.03 Å². The Labute approximate surface area is 76.9 Å². The van der Waals surface area contributed by atoms with Crippen LogP contribution in [0.5, 0.6) is 0 Å². The van der Waals surface area contributed by atoms with E-state index in [4.69, 9.17) is 11.6 Å². The zero-order valence-electron chi connectivity index (χ0n) is 7.55. The third kappa shape index (κ3) is 2.59. The smallest absolute Gasteiger partial charge is 0.173 e. The summed E-state index contributed by atoms with van der Waals surface area (Å²) in [5, 5.41) is 0.00287. The summed E-state index contributed by atoms with van der Waals surface area (Å²) in [4.78, 5) is 0. The number of halogens is 3. The second-order valence-corrected chi connectivity index (χ2v) is 2.77. The summed E-state index contributed by atoms with van der Waals surface area (Å²) >= 11 is 5.36. The summed E-state index contributed by atoms with van der Waals surface area (Å²) in [7, 11) is 0. The third-order valence-corrected chi connectivity index (χ3v) is 1.88. The van der Waals surface area contributed by atoms with Crippen LogP contribution in [0.4, 0.5) is 8.78 Å². The van der Waals surface area contributed by atoms with E-state index in [0.29, 0.717) is 18.4 Å². The lowest BCUT2D eigenvalue weighted by Gasteiger charge is -2.09. The molecular formula is C9H13ClF2. The largest absolute Gasteiger partial charge is 0.204 e. The molecule has 0 amide bonds. The molecule has 0 unspecified atom stereocenters. The fourth-order valence-electron chi connectivity index (χ4n) is 0.823. The molecule has 0 aliphatic heterocycles. The van der Waals surface area contributed by atoms with E-state index in [0.717, 1.165) is 0 Å². The minimum absolute atomic E-state index is 0.00287. The van der Waals surface area contributed by atoms with E-state index in [1.807, 2.05) is 13.8 Å². The van der Waals surface area contributed by atoms with Crippen LogP contribution in [-0.4, -0.2) is 0 Å². The van der Waals surface area contributed by atoms with Gasteiger partial charge in [0.2, 0.25) is 0 Å². The van der Waals surface area contributed by atoms with Gasteiger partial charge in [0.25, 0.3) is 0 Å². The van der Waals surface area contributed by atoms with Gasteiger partial charge < -0.3 is 0 Å². The van der Waals surface area contributed by atoms with Crippen molar-refractivity contribution in [3.05, 3.63) is 22.3 Å². The van der Waals surface area contributed by atoms with Gasteiger partial charge in [-0.3, -0.25) is 0 Å². The zero-order chi connectivity index (χ0) is 9.72. The highest BCUT2D eigenvalue weighted by molar-refractivity contribution is 6.30. The first-order chi connectivity index (χ1) is 5.63. The minimum Gasteiger partial charge on any atom is -0.204 e. The van der Waals surface area contributed by atoms with Gasteiger partial charge in [0.05, 0.1) is 5.03 Å². The Morgan fingerprint density at radius 3 is 2.00 bits per heavy atom. The molecule has 3 heteroatoms. The summed E-state index contributed by atoms with van der Waals surface area (Å²) in [5.74, 6) is -1.67. The SMILES string of the molecule is CC.CC1=C(F)C(F)=C(Cl)CC1. The molecule has 0 aromatic carbocycles. The fraction of sp³-hybridized carbons (Fsp3) is 0.556. The maximum atomic E-state index is 12.6. The van der Waals surface area contributed by atoms with Gasteiger partial charge in [0.15, 0.2) is 11.7 Å². The molecule has 1 aliphatic carbocycles. The minimum atomic E-state index is -0.884. The Bertz CT molecular complexity index is 193. The van der Waals surface area contributed by atoms with Crippen LogP contribution in [0.1, 0.15) is 33.6 Å². The Hall–Kier alpha value is -0.370. The van der Waals surface area contributed by atoms with E-state index in [2.05, 4.69) is 0 Å². The maximum absolute atomic E-state index is 12.6. The van der Waals surface area contributed by atoms with Crippen molar-refractivity contribution in [1.82, 2.24) is 0 Å². The second kappa shape index (κ2) is 5.31. The molecule has 0 saturated carbocycles. The molecule has 0 aromatic rings. The Morgan fingerprint density at radius 1 is 1.08 bits per heavy atom. The molecule has 0 bridgehead atoms. The summed E-state index contributed by atoms with van der Waals surface area (Å²) < 4.78 is 25.1. The number of hydrogen-bond acceptors (Lipinski definition) is 0. The van der Waals surface area contributed by atoms with Crippen LogP contribution < -0.4 is 0 Å². The fourth-order valence-corrected chi connectivity index (χ4v) is 1.00. The quantitative estimate of drug-likeness (QED) is 0.534. The predicted octanol–water partition coefficient (Wildman–Crippen LogP) is 4.47. The van der Waals surface area contributed by atoms with Crippen LogP contribution in [0.25, 0.3) is 0 Å². The molecular weight excluding hydrogens is 182 g/mol. The highest BCUT2D eigenvalue weighted by atomic mass is 35.5. The van der Waals surface area contributed by atoms with E-state index in [9.17, 15) is 8.78 Å². The Kier molecular flexibility index (Phi) is 5.14. The zero-order valence-corrected chi connectivity index (χ0v) is 8.30. The average Bonchev–Trinajstić information content (AvgIpc) is 2.12. The highest BCUT2D eigenvalue weighted by Gasteiger charge is 2.17. The van der Waals surface area contributed by atoms with Crippen LogP contribution in [0.15, 0.2) is 22.3 Å². The molecule has 1 rings (SSSR count). The molecule has 0 aromatic heterocycles. The van der Waals surface area contributed by atoms with Crippen molar-refractivity contribution in [3.8, 4) is 0 Å². The van der Waals surface area contributed by atoms with Gasteiger partial charge in [-0.15, -0.1) is 0 Å². The summed E-state index contributed by atoms with van der Waals surface area (Å²) in [5.41, 5.74) is 0.446. The molecule has 0 radical (unpaired) electrons. The molecule has 0 atom stereocenters. The van der Waals surface area contributed by atoms with Gasteiger partial charge in [-0.2, -0.15) is 0 Å². The van der Waals surface area contributed by atoms with Crippen molar-refractivity contribution in [2.45, 2.75) is 33.6 Å². The van der Waals surface area contributed by atoms with Gasteiger partial charge in [-0.05, 0) is 25.3 Å². The van der Waals surface area contributed by atoms with Crippen molar-refractivity contribution in [2.24, 2.45) is 0 Å². The monoisotopic (exact) mass is 194 g/mol. The van der Waals surface area contributed by atoms with Crippen LogP contribution >= 0.6 is 11.6 Å². The molecule has 0 nitrogen and oxygen atoms in total. The maximum Gasteiger partial charge on any atom is 0.173 e. The average molecular weight is 195 g/mol. The van der Waals surface area contributed by atoms with Crippen molar-refractivity contribution in [2.75, 3.05) is 0 Å². The molecule has 0 spiro atoms. The first-order valence-electron chi connectivity index (χ1n) is 4.02. The Balaban J connectivity index is 0.000000561. The molecule has 70 valence electrons. The van der Waals surface area contributed by atoms with Gasteiger partial charge >= 0.3 is 0 Å². The van der Waals surface area contributed by atoms with E-state index >= 15 is 0 Å². The van der Waals surface area contributed by atoms with E-state index in [1.165, 1.54) is 0 Å². The van der Waals surface area contributed by atoms with Crippen LogP contribution in [-0.2, 0) is 0 Å². The second-order valence-electron chi connectivity index (χ2n) is 2.31. The van der Waals surface area contributed by atoms with Crippen molar-refractivity contribution in [1.29, 1.82) is 0 Å². The van der Waals surface area contributed by atoms with Crippen LogP contribution in [0.3, 0.4) is 0 Å². The summed E-state index contributed by atoms with van der Waals surface area (Å²) in [6, 6.07) is 0. The van der Waals surface area contributed by atoms with Crippen molar-refractivity contribution < 1.29 is 8.78 Å². The number of hydrogen-bond donors (Lipinski definition) is 0. The van der Waals surface area contributed by atoms with E-state index < -0.39 is 11.7 Å². The predicted molar refractivity (Wildman–Crippen MR) is 48.4 cm³/mol. The lowest BCUT2D eigenvalue weighted by atomic mass is 10.1. The number of rotatable bonds is 0. The summed E-state index contributed by atoms with van der Waals surface area (Å²) in [6.07, 6.45) is 0.949. The van der Waals surface area contributed by atoms with Crippen molar-refractivity contribution in [3.63, 3.8) is 0 Å². The molecule has 0 saturated heterocycles. The first-order valence-corrected chi connectivity index (χ1v) is 4.40. The topological polar surface area (TPSA) is 0 Å². The highest BCUT2D eigenvalue weighted by Crippen LogP contribution is 2.33. The number of allylic oxidation sites excluding steroid dienone is 4. The standard InChI is InChI=1S/C7H7ClF2.C2H6/c1-4-2-3-5(8)7(10)6(4)9;1-2/h2-3H2,1H3;1-2H3. The Morgan fingerprint density at radius 2 is 1.58 bits per heavy atom. The molecule has 0 N–H and O–H groups in total. The van der Waals surface area contributed by atoms with Gasteiger partial charge in [0, 0.05) is 0 Å². The van der Waals surface area contributed by atoms with Gasteiger partial charge in [-0.25, -0.2) is 8.78 Å². The molecule has 12 heavy (non-hydrogen) atoms. The van der Waals surface area contributed by atoms with E-state index in [1.54, 1.807) is 6.92 Å². The third-order valence-electron chi connectivity index (χ3n) is 1.53. The molecule has 0 heterocycles. The van der Waals surface area contributed by atoms with Crippen molar-refractivity contribution >= 4 is 11.6 Å². The lowest BCUT2D eigenvalue weighted by molar-refractivity contribution is 0.516. The van der Waals surface area contributed by atoms with Crippen LogP contribution in [0, 0.1) is 0 Å².